The van der Waals surface area contributed by atoms with Crippen LogP contribution in [0.3, 0.4) is 0 Å². The van der Waals surface area contributed by atoms with Crippen molar-refractivity contribution < 1.29 is 19.4 Å². The first-order valence-corrected chi connectivity index (χ1v) is 6.45. The van der Waals surface area contributed by atoms with Crippen LogP contribution in [-0.4, -0.2) is 31.4 Å². The molecule has 0 aliphatic heterocycles. The fourth-order valence-corrected chi connectivity index (χ4v) is 2.36. The zero-order valence-electron chi connectivity index (χ0n) is 11.9. The third kappa shape index (κ3) is 2.94. The van der Waals surface area contributed by atoms with Crippen molar-refractivity contribution in [1.29, 1.82) is 0 Å². The van der Waals surface area contributed by atoms with E-state index in [4.69, 9.17) is 9.47 Å². The van der Waals surface area contributed by atoms with E-state index in [1.807, 2.05) is 6.92 Å². The molecule has 1 fully saturated rings. The Morgan fingerprint density at radius 3 is 2.65 bits per heavy atom. The molecule has 106 valence electrons. The molecule has 0 heterocycles. The lowest BCUT2D eigenvalue weighted by Crippen LogP contribution is -2.37. The highest BCUT2D eigenvalue weighted by molar-refractivity contribution is 5.92. The van der Waals surface area contributed by atoms with E-state index in [0.29, 0.717) is 24.2 Å². The molecule has 0 atom stereocenters. The predicted octanol–water partition coefficient (Wildman–Crippen LogP) is 1.99. The van der Waals surface area contributed by atoms with Crippen LogP contribution in [0.1, 0.15) is 35.7 Å². The summed E-state index contributed by atoms with van der Waals surface area (Å²) in [4.78, 5) is 11.7. The molecule has 0 aromatic heterocycles. The number of methoxy groups -OCH3 is 2. The summed E-state index contributed by atoms with van der Waals surface area (Å²) in [6.45, 7) is 2.03. The van der Waals surface area contributed by atoms with E-state index in [2.05, 4.69) is 11.8 Å². The summed E-state index contributed by atoms with van der Waals surface area (Å²) >= 11 is 0. The lowest BCUT2D eigenvalue weighted by Gasteiger charge is -2.38. The highest BCUT2D eigenvalue weighted by Gasteiger charge is 2.37. The van der Waals surface area contributed by atoms with Gasteiger partial charge in [0.2, 0.25) is 0 Å². The number of aliphatic hydroxyl groups is 1. The van der Waals surface area contributed by atoms with Crippen LogP contribution in [0.5, 0.6) is 5.75 Å². The molecule has 2 rings (SSSR count). The van der Waals surface area contributed by atoms with Gasteiger partial charge >= 0.3 is 5.97 Å². The number of hydrogen-bond donors (Lipinski definition) is 1. The number of esters is 1. The number of benzene rings is 1. The first-order valence-electron chi connectivity index (χ1n) is 6.45. The van der Waals surface area contributed by atoms with E-state index in [1.54, 1.807) is 18.2 Å². The monoisotopic (exact) mass is 274 g/mol. The smallest absolute Gasteiger partial charge is 0.341 e. The Kier molecular flexibility index (Phi) is 4.01. The molecule has 0 unspecified atom stereocenters. The van der Waals surface area contributed by atoms with Gasteiger partial charge in [-0.2, -0.15) is 0 Å². The van der Waals surface area contributed by atoms with Gasteiger partial charge in [-0.1, -0.05) is 11.8 Å². The molecule has 0 radical (unpaired) electrons. The second-order valence-corrected chi connectivity index (χ2v) is 5.28. The summed E-state index contributed by atoms with van der Waals surface area (Å²) < 4.78 is 9.86. The molecule has 20 heavy (non-hydrogen) atoms. The standard InChI is InChI=1S/C16H18O4/c1-16(9-12(17)10-16)7-6-11-4-5-14(19-2)13(8-11)15(18)20-3/h4-5,8,12,17H,9-10H2,1-3H3. The fraction of sp³-hybridized carbons (Fsp3) is 0.438. The van der Waals surface area contributed by atoms with Crippen molar-refractivity contribution in [2.45, 2.75) is 25.9 Å². The van der Waals surface area contributed by atoms with Crippen molar-refractivity contribution in [2.75, 3.05) is 14.2 Å². The summed E-state index contributed by atoms with van der Waals surface area (Å²) in [7, 11) is 2.83. The third-order valence-electron chi connectivity index (χ3n) is 3.49. The van der Waals surface area contributed by atoms with Crippen LogP contribution in [-0.2, 0) is 4.74 Å². The number of carbonyl (C=O) groups excluding carboxylic acids is 1. The SMILES string of the molecule is COC(=O)c1cc(C#CC2(C)CC(O)C2)ccc1OC. The van der Waals surface area contributed by atoms with Gasteiger partial charge in [0, 0.05) is 11.0 Å². The first kappa shape index (κ1) is 14.4. The summed E-state index contributed by atoms with van der Waals surface area (Å²) in [5.74, 6) is 6.23. The summed E-state index contributed by atoms with van der Waals surface area (Å²) in [5.41, 5.74) is 0.958. The Morgan fingerprint density at radius 1 is 1.40 bits per heavy atom. The molecule has 1 saturated carbocycles. The van der Waals surface area contributed by atoms with E-state index in [1.165, 1.54) is 14.2 Å². The Labute approximate surface area is 118 Å². The van der Waals surface area contributed by atoms with Crippen molar-refractivity contribution in [2.24, 2.45) is 5.41 Å². The molecule has 0 spiro atoms. The molecular weight excluding hydrogens is 256 g/mol. The predicted molar refractivity (Wildman–Crippen MR) is 74.6 cm³/mol. The van der Waals surface area contributed by atoms with Crippen molar-refractivity contribution in [3.8, 4) is 17.6 Å². The molecule has 1 aromatic rings. The average Bonchev–Trinajstić information content (AvgIpc) is 2.42. The Hall–Kier alpha value is -1.99. The van der Waals surface area contributed by atoms with Gasteiger partial charge in [0.1, 0.15) is 11.3 Å². The van der Waals surface area contributed by atoms with Crippen LogP contribution in [0.4, 0.5) is 0 Å². The number of hydrogen-bond acceptors (Lipinski definition) is 4. The zero-order valence-corrected chi connectivity index (χ0v) is 11.9. The molecule has 4 nitrogen and oxygen atoms in total. The largest absolute Gasteiger partial charge is 0.496 e. The fourth-order valence-electron chi connectivity index (χ4n) is 2.36. The Bertz CT molecular complexity index is 574. The zero-order chi connectivity index (χ0) is 14.8. The lowest BCUT2D eigenvalue weighted by molar-refractivity contribution is 0.0150. The first-order chi connectivity index (χ1) is 9.47. The van der Waals surface area contributed by atoms with Crippen LogP contribution in [0.2, 0.25) is 0 Å². The highest BCUT2D eigenvalue weighted by atomic mass is 16.5. The summed E-state index contributed by atoms with van der Waals surface area (Å²) in [6, 6.07) is 5.17. The van der Waals surface area contributed by atoms with Gasteiger partial charge in [0.25, 0.3) is 0 Å². The van der Waals surface area contributed by atoms with E-state index in [9.17, 15) is 9.90 Å². The van der Waals surface area contributed by atoms with E-state index >= 15 is 0 Å². The van der Waals surface area contributed by atoms with Crippen molar-refractivity contribution >= 4 is 5.97 Å². The van der Waals surface area contributed by atoms with Crippen molar-refractivity contribution in [3.05, 3.63) is 29.3 Å². The molecule has 0 saturated heterocycles. The van der Waals surface area contributed by atoms with Gasteiger partial charge in [-0.3, -0.25) is 0 Å². The maximum atomic E-state index is 11.7. The quantitative estimate of drug-likeness (QED) is 0.662. The van der Waals surface area contributed by atoms with Crippen molar-refractivity contribution in [3.63, 3.8) is 0 Å². The van der Waals surface area contributed by atoms with Crippen LogP contribution in [0.25, 0.3) is 0 Å². The minimum Gasteiger partial charge on any atom is -0.496 e. The topological polar surface area (TPSA) is 55.8 Å². The number of rotatable bonds is 2. The second kappa shape index (κ2) is 5.56. The van der Waals surface area contributed by atoms with E-state index < -0.39 is 5.97 Å². The molecule has 1 aliphatic rings. The number of carbonyl (C=O) groups is 1. The van der Waals surface area contributed by atoms with Crippen molar-refractivity contribution in [1.82, 2.24) is 0 Å². The van der Waals surface area contributed by atoms with Crippen LogP contribution in [0.15, 0.2) is 18.2 Å². The Balaban J connectivity index is 2.26. The van der Waals surface area contributed by atoms with Gasteiger partial charge in [-0.15, -0.1) is 0 Å². The maximum absolute atomic E-state index is 11.7. The second-order valence-electron chi connectivity index (χ2n) is 5.28. The van der Waals surface area contributed by atoms with Crippen LogP contribution in [0, 0.1) is 17.3 Å². The normalized spacial score (nSPS) is 24.1. The van der Waals surface area contributed by atoms with E-state index in [0.717, 1.165) is 5.56 Å². The van der Waals surface area contributed by atoms with E-state index in [-0.39, 0.29) is 11.5 Å². The number of aliphatic hydroxyl groups excluding tert-OH is 1. The summed E-state index contributed by atoms with van der Waals surface area (Å²) in [6.07, 6.45) is 1.15. The molecular formula is C16H18O4. The van der Waals surface area contributed by atoms with Gasteiger partial charge in [0.15, 0.2) is 0 Å². The molecule has 0 amide bonds. The van der Waals surface area contributed by atoms with Gasteiger partial charge in [-0.25, -0.2) is 4.79 Å². The average molecular weight is 274 g/mol. The molecule has 4 heteroatoms. The molecule has 1 N–H and O–H groups in total. The number of ether oxygens (including phenoxy) is 2. The van der Waals surface area contributed by atoms with Gasteiger partial charge in [-0.05, 0) is 38.0 Å². The minimum absolute atomic E-state index is 0.134. The Morgan fingerprint density at radius 2 is 2.10 bits per heavy atom. The molecule has 0 bridgehead atoms. The lowest BCUT2D eigenvalue weighted by atomic mass is 9.69. The molecule has 1 aromatic carbocycles. The maximum Gasteiger partial charge on any atom is 0.341 e. The van der Waals surface area contributed by atoms with Crippen LogP contribution < -0.4 is 4.74 Å². The van der Waals surface area contributed by atoms with Gasteiger partial charge < -0.3 is 14.6 Å². The third-order valence-corrected chi connectivity index (χ3v) is 3.49. The van der Waals surface area contributed by atoms with Gasteiger partial charge in [0.05, 0.1) is 20.3 Å². The molecule has 1 aliphatic carbocycles. The van der Waals surface area contributed by atoms with Crippen LogP contribution >= 0.6 is 0 Å². The minimum atomic E-state index is -0.448. The highest BCUT2D eigenvalue weighted by Crippen LogP contribution is 2.39. The summed E-state index contributed by atoms with van der Waals surface area (Å²) in [5, 5.41) is 9.35.